The number of ether oxygens (including phenoxy) is 4. The van der Waals surface area contributed by atoms with Gasteiger partial charge in [0.25, 0.3) is 0 Å². The van der Waals surface area contributed by atoms with Crippen LogP contribution in [-0.2, 0) is 9.53 Å². The fourth-order valence-corrected chi connectivity index (χ4v) is 3.90. The van der Waals surface area contributed by atoms with Gasteiger partial charge < -0.3 is 55.5 Å². The molecule has 0 radical (unpaired) electrons. The average molecular weight is 536 g/mol. The zero-order chi connectivity index (χ0) is 28.0. The molecule has 1 aliphatic rings. The molecule has 13 nitrogen and oxygen atoms in total. The number of benzene rings is 2. The molecule has 13 heteroatoms. The van der Waals surface area contributed by atoms with Crippen molar-refractivity contribution < 1.29 is 49.3 Å². The standard InChI is InChI=1S/C25H33N3O10/c1-3-35-16-9-14(19(24(33)34)28-13-7-5-12(6-8-13)23(26)27)15(10-17(16)36-4-2)37-25-22(32)21(31)20(30)18(11-29)38-25/h5-10,18-22,25,28-32H,3-4,11H2,1-2H3,(H3,26,27)(H,33,34)/t18-,19?,20-,21+,22-,25-/m1/s1. The number of amidine groups is 1. The number of carboxylic acid groups (broad SMARTS) is 1. The predicted molar refractivity (Wildman–Crippen MR) is 135 cm³/mol. The number of hydrogen-bond donors (Lipinski definition) is 8. The van der Waals surface area contributed by atoms with Crippen molar-refractivity contribution in [3.63, 3.8) is 0 Å². The first-order valence-electron chi connectivity index (χ1n) is 12.0. The maximum absolute atomic E-state index is 12.4. The number of aliphatic carboxylic acids is 1. The van der Waals surface area contributed by atoms with Gasteiger partial charge in [0.15, 0.2) is 17.5 Å². The number of carbonyl (C=O) groups is 1. The summed E-state index contributed by atoms with van der Waals surface area (Å²) in [5.74, 6) is -1.04. The van der Waals surface area contributed by atoms with Crippen LogP contribution in [-0.4, -0.2) is 87.9 Å². The molecular weight excluding hydrogens is 502 g/mol. The van der Waals surface area contributed by atoms with E-state index in [-0.39, 0.29) is 41.9 Å². The molecule has 1 aliphatic heterocycles. The summed E-state index contributed by atoms with van der Waals surface area (Å²) in [5, 5.41) is 60.8. The first-order valence-corrected chi connectivity index (χ1v) is 12.0. The number of aliphatic hydroxyl groups excluding tert-OH is 4. The Hall–Kier alpha value is -3.62. The van der Waals surface area contributed by atoms with Gasteiger partial charge in [0, 0.05) is 22.9 Å². The van der Waals surface area contributed by atoms with Gasteiger partial charge in [-0.3, -0.25) is 5.41 Å². The Morgan fingerprint density at radius 3 is 2.16 bits per heavy atom. The number of carboxylic acids is 1. The molecule has 3 rings (SSSR count). The van der Waals surface area contributed by atoms with E-state index in [0.29, 0.717) is 11.3 Å². The Balaban J connectivity index is 2.06. The van der Waals surface area contributed by atoms with Crippen LogP contribution >= 0.6 is 0 Å². The highest BCUT2D eigenvalue weighted by atomic mass is 16.7. The topological polar surface area (TPSA) is 217 Å². The van der Waals surface area contributed by atoms with E-state index in [2.05, 4.69) is 5.32 Å². The van der Waals surface area contributed by atoms with Crippen molar-refractivity contribution >= 4 is 17.5 Å². The molecule has 1 heterocycles. The van der Waals surface area contributed by atoms with Crippen molar-refractivity contribution in [3.8, 4) is 17.2 Å². The highest BCUT2D eigenvalue weighted by Crippen LogP contribution is 2.40. The Morgan fingerprint density at radius 2 is 1.63 bits per heavy atom. The molecule has 1 saturated heterocycles. The third-order valence-corrected chi connectivity index (χ3v) is 5.83. The number of nitrogen functional groups attached to an aromatic ring is 1. The zero-order valence-electron chi connectivity index (χ0n) is 20.9. The summed E-state index contributed by atoms with van der Waals surface area (Å²) in [6.45, 7) is 3.33. The molecule has 2 aromatic carbocycles. The van der Waals surface area contributed by atoms with E-state index in [1.54, 1.807) is 38.1 Å². The summed E-state index contributed by atoms with van der Waals surface area (Å²) in [6.07, 6.45) is -7.82. The van der Waals surface area contributed by atoms with E-state index in [4.69, 9.17) is 30.1 Å². The molecule has 2 aromatic rings. The van der Waals surface area contributed by atoms with Gasteiger partial charge in [-0.2, -0.15) is 0 Å². The summed E-state index contributed by atoms with van der Waals surface area (Å²) in [6, 6.07) is 7.61. The van der Waals surface area contributed by atoms with E-state index in [9.17, 15) is 30.3 Å². The van der Waals surface area contributed by atoms with Gasteiger partial charge in [-0.05, 0) is 44.2 Å². The van der Waals surface area contributed by atoms with E-state index < -0.39 is 49.3 Å². The fourth-order valence-electron chi connectivity index (χ4n) is 3.90. The minimum Gasteiger partial charge on any atom is -0.490 e. The van der Waals surface area contributed by atoms with E-state index in [0.717, 1.165) is 0 Å². The van der Waals surface area contributed by atoms with Crippen LogP contribution in [0.5, 0.6) is 17.2 Å². The minimum absolute atomic E-state index is 0.0667. The van der Waals surface area contributed by atoms with Gasteiger partial charge in [0.05, 0.1) is 19.8 Å². The Labute approximate surface area is 218 Å². The molecule has 0 aromatic heterocycles. The van der Waals surface area contributed by atoms with Crippen LogP contribution < -0.4 is 25.3 Å². The van der Waals surface area contributed by atoms with Crippen LogP contribution in [0.25, 0.3) is 0 Å². The van der Waals surface area contributed by atoms with Crippen LogP contribution in [0.4, 0.5) is 5.69 Å². The van der Waals surface area contributed by atoms with Gasteiger partial charge >= 0.3 is 5.97 Å². The SMILES string of the molecule is CCOc1cc(O[C@@H]2O[C@H](CO)[C@@H](O)[C@H](O)[C@H]2O)c(C(Nc2ccc(C(=N)N)cc2)C(=O)O)cc1OCC. The summed E-state index contributed by atoms with van der Waals surface area (Å²) in [7, 11) is 0. The zero-order valence-corrected chi connectivity index (χ0v) is 20.9. The quantitative estimate of drug-likeness (QED) is 0.135. The maximum Gasteiger partial charge on any atom is 0.330 e. The minimum atomic E-state index is -1.72. The molecule has 6 atom stereocenters. The summed E-state index contributed by atoms with van der Waals surface area (Å²) >= 11 is 0. The summed E-state index contributed by atoms with van der Waals surface area (Å²) < 4.78 is 22.6. The normalized spacial score (nSPS) is 23.8. The Bertz CT molecular complexity index is 1110. The van der Waals surface area contributed by atoms with Crippen molar-refractivity contribution in [2.75, 3.05) is 25.1 Å². The second kappa shape index (κ2) is 12.8. The number of anilines is 1. The van der Waals surface area contributed by atoms with Crippen molar-refractivity contribution in [2.45, 2.75) is 50.6 Å². The lowest BCUT2D eigenvalue weighted by atomic mass is 9.99. The summed E-state index contributed by atoms with van der Waals surface area (Å²) in [5.41, 5.74) is 6.41. The second-order valence-electron chi connectivity index (χ2n) is 8.42. The summed E-state index contributed by atoms with van der Waals surface area (Å²) in [4.78, 5) is 12.4. The molecule has 9 N–H and O–H groups in total. The molecule has 0 bridgehead atoms. The largest absolute Gasteiger partial charge is 0.490 e. The molecule has 1 unspecified atom stereocenters. The van der Waals surface area contributed by atoms with Crippen molar-refractivity contribution in [2.24, 2.45) is 5.73 Å². The van der Waals surface area contributed by atoms with E-state index in [1.807, 2.05) is 0 Å². The van der Waals surface area contributed by atoms with Gasteiger partial charge in [-0.25, -0.2) is 4.79 Å². The first kappa shape index (κ1) is 28.9. The van der Waals surface area contributed by atoms with E-state index in [1.165, 1.54) is 12.1 Å². The molecule has 0 aliphatic carbocycles. The van der Waals surface area contributed by atoms with Gasteiger partial charge in [0.2, 0.25) is 6.29 Å². The number of nitrogens with two attached hydrogens (primary N) is 1. The van der Waals surface area contributed by atoms with Crippen LogP contribution in [0.15, 0.2) is 36.4 Å². The highest BCUT2D eigenvalue weighted by molar-refractivity contribution is 5.95. The van der Waals surface area contributed by atoms with Crippen molar-refractivity contribution in [1.29, 1.82) is 5.41 Å². The van der Waals surface area contributed by atoms with Crippen LogP contribution in [0.1, 0.15) is 31.0 Å². The Kier molecular flexibility index (Phi) is 9.72. The number of nitrogens with one attached hydrogen (secondary N) is 2. The molecule has 38 heavy (non-hydrogen) atoms. The van der Waals surface area contributed by atoms with Crippen molar-refractivity contribution in [3.05, 3.63) is 47.5 Å². The lowest BCUT2D eigenvalue weighted by Crippen LogP contribution is -2.60. The molecule has 1 fully saturated rings. The number of aliphatic hydroxyl groups is 4. The molecule has 0 amide bonds. The monoisotopic (exact) mass is 535 g/mol. The first-order chi connectivity index (χ1) is 18.1. The molecule has 0 saturated carbocycles. The predicted octanol–water partition coefficient (Wildman–Crippen LogP) is 0.185. The number of rotatable bonds is 12. The highest BCUT2D eigenvalue weighted by Gasteiger charge is 2.45. The van der Waals surface area contributed by atoms with Gasteiger partial charge in [-0.1, -0.05) is 0 Å². The van der Waals surface area contributed by atoms with Crippen LogP contribution in [0.2, 0.25) is 0 Å². The smallest absolute Gasteiger partial charge is 0.330 e. The van der Waals surface area contributed by atoms with Crippen LogP contribution in [0.3, 0.4) is 0 Å². The van der Waals surface area contributed by atoms with Crippen molar-refractivity contribution in [1.82, 2.24) is 0 Å². The second-order valence-corrected chi connectivity index (χ2v) is 8.42. The van der Waals surface area contributed by atoms with Gasteiger partial charge in [-0.15, -0.1) is 0 Å². The van der Waals surface area contributed by atoms with Gasteiger partial charge in [0.1, 0.15) is 36.0 Å². The lowest BCUT2D eigenvalue weighted by Gasteiger charge is -2.40. The molecular formula is C25H33N3O10. The lowest BCUT2D eigenvalue weighted by molar-refractivity contribution is -0.277. The third kappa shape index (κ3) is 6.44. The average Bonchev–Trinajstić information content (AvgIpc) is 2.89. The molecule has 208 valence electrons. The fraction of sp³-hybridized carbons (Fsp3) is 0.440. The number of hydrogen-bond acceptors (Lipinski definition) is 11. The van der Waals surface area contributed by atoms with E-state index >= 15 is 0 Å². The third-order valence-electron chi connectivity index (χ3n) is 5.83. The maximum atomic E-state index is 12.4. The Morgan fingerprint density at radius 1 is 1.03 bits per heavy atom. The molecule has 0 spiro atoms. The van der Waals surface area contributed by atoms with Crippen LogP contribution in [0, 0.1) is 5.41 Å².